The third-order valence-electron chi connectivity index (χ3n) is 7.33. The Morgan fingerprint density at radius 3 is 1.89 bits per heavy atom. The van der Waals surface area contributed by atoms with Crippen molar-refractivity contribution < 1.29 is 55.6 Å². The highest BCUT2D eigenvalue weighted by atomic mass is 31.2. The van der Waals surface area contributed by atoms with Crippen LogP contribution in [0, 0.1) is 5.92 Å². The van der Waals surface area contributed by atoms with Crippen LogP contribution in [0.2, 0.25) is 0 Å². The maximum Gasteiger partial charge on any atom is 0.472 e. The van der Waals surface area contributed by atoms with Gasteiger partial charge in [-0.05, 0) is 0 Å². The van der Waals surface area contributed by atoms with E-state index in [-0.39, 0.29) is 34.0 Å². The topological polar surface area (TPSA) is 280 Å². The van der Waals surface area contributed by atoms with Crippen molar-refractivity contribution in [2.45, 2.75) is 50.0 Å². The molecule has 7 N–H and O–H groups in total. The van der Waals surface area contributed by atoms with E-state index in [0.717, 1.165) is 17.2 Å². The SMILES string of the molecule is C[C@H]1[C@@H](F)[C@H](n2cnc3c(N)ncnc32)O[C@@H]1COP(=O)(O)O[C@H]1[C@@H](F)[C@H](n2cnc3c(N)ncnc32)O[C@@H]1COP(=O)(O)O. The van der Waals surface area contributed by atoms with Gasteiger partial charge >= 0.3 is 15.6 Å². The van der Waals surface area contributed by atoms with Gasteiger partial charge < -0.3 is 35.6 Å². The molecule has 0 aliphatic carbocycles. The van der Waals surface area contributed by atoms with Crippen molar-refractivity contribution in [2.24, 2.45) is 5.92 Å². The summed E-state index contributed by atoms with van der Waals surface area (Å²) in [4.78, 5) is 52.6. The quantitative estimate of drug-likeness (QED) is 0.143. The molecule has 244 valence electrons. The minimum absolute atomic E-state index is 0.0191. The number of nitrogens with zero attached hydrogens (tertiary/aromatic N) is 8. The number of phosphoric ester groups is 2. The molecule has 1 unspecified atom stereocenters. The Labute approximate surface area is 250 Å². The molecule has 0 amide bonds. The highest BCUT2D eigenvalue weighted by molar-refractivity contribution is 7.47. The summed E-state index contributed by atoms with van der Waals surface area (Å²) in [5.41, 5.74) is 12.1. The fourth-order valence-electron chi connectivity index (χ4n) is 5.07. The number of halogens is 2. The zero-order valence-electron chi connectivity index (χ0n) is 22.9. The number of ether oxygens (including phenoxy) is 2. The molecule has 6 rings (SSSR count). The minimum Gasteiger partial charge on any atom is -0.382 e. The van der Waals surface area contributed by atoms with Crippen molar-refractivity contribution in [1.29, 1.82) is 0 Å². The molecule has 0 saturated carbocycles. The Morgan fingerprint density at radius 2 is 1.33 bits per heavy atom. The average Bonchev–Trinajstić information content (AvgIpc) is 3.73. The first kappa shape index (κ1) is 31.7. The molecule has 2 aliphatic rings. The van der Waals surface area contributed by atoms with Gasteiger partial charge in [-0.3, -0.25) is 22.7 Å². The third-order valence-corrected chi connectivity index (χ3v) is 8.80. The van der Waals surface area contributed by atoms with Gasteiger partial charge in [0.05, 0.1) is 32.0 Å². The number of hydrogen-bond acceptors (Lipinski definition) is 15. The van der Waals surface area contributed by atoms with E-state index in [0.29, 0.717) is 0 Å². The van der Waals surface area contributed by atoms with Crippen LogP contribution in [0.1, 0.15) is 19.4 Å². The van der Waals surface area contributed by atoms with Gasteiger partial charge in [0.2, 0.25) is 0 Å². The van der Waals surface area contributed by atoms with E-state index in [1.165, 1.54) is 24.1 Å². The Bertz CT molecular complexity index is 1810. The van der Waals surface area contributed by atoms with Gasteiger partial charge in [-0.15, -0.1) is 0 Å². The summed E-state index contributed by atoms with van der Waals surface area (Å²) >= 11 is 0. The summed E-state index contributed by atoms with van der Waals surface area (Å²) in [6, 6.07) is 0. The Hall–Kier alpha value is -3.30. The smallest absolute Gasteiger partial charge is 0.382 e. The molecule has 20 nitrogen and oxygen atoms in total. The molecule has 4 aromatic rings. The van der Waals surface area contributed by atoms with Crippen LogP contribution in [-0.2, 0) is 32.2 Å². The van der Waals surface area contributed by atoms with Crippen LogP contribution in [-0.4, -0.2) is 97.6 Å². The molecule has 24 heteroatoms. The largest absolute Gasteiger partial charge is 0.472 e. The lowest BCUT2D eigenvalue weighted by Crippen LogP contribution is -2.34. The van der Waals surface area contributed by atoms with Gasteiger partial charge in [0.1, 0.15) is 35.9 Å². The van der Waals surface area contributed by atoms with Crippen LogP contribution in [0.5, 0.6) is 0 Å². The molecule has 4 aromatic heterocycles. The molecule has 2 saturated heterocycles. The molecule has 6 heterocycles. The molecule has 0 spiro atoms. The van der Waals surface area contributed by atoms with Crippen molar-refractivity contribution in [3.05, 3.63) is 25.3 Å². The Morgan fingerprint density at radius 1 is 0.822 bits per heavy atom. The Balaban J connectivity index is 1.17. The van der Waals surface area contributed by atoms with E-state index in [1.54, 1.807) is 0 Å². The van der Waals surface area contributed by atoms with Crippen LogP contribution in [0.4, 0.5) is 20.4 Å². The van der Waals surface area contributed by atoms with Crippen molar-refractivity contribution >= 4 is 49.6 Å². The first-order valence-corrected chi connectivity index (χ1v) is 16.1. The van der Waals surface area contributed by atoms with Crippen LogP contribution < -0.4 is 11.5 Å². The van der Waals surface area contributed by atoms with Crippen molar-refractivity contribution in [1.82, 2.24) is 39.0 Å². The fraction of sp³-hybridized carbons (Fsp3) is 0.524. The number of imidazole rings is 2. The van der Waals surface area contributed by atoms with Crippen LogP contribution in [0.15, 0.2) is 25.3 Å². The summed E-state index contributed by atoms with van der Waals surface area (Å²) in [7, 11) is -10.2. The second kappa shape index (κ2) is 11.8. The van der Waals surface area contributed by atoms with E-state index >= 15 is 8.78 Å². The van der Waals surface area contributed by atoms with Crippen molar-refractivity contribution in [3.63, 3.8) is 0 Å². The number of rotatable bonds is 10. The maximum atomic E-state index is 15.9. The van der Waals surface area contributed by atoms with Gasteiger partial charge in [-0.25, -0.2) is 47.8 Å². The number of phosphoric acid groups is 2. The number of hydrogen-bond donors (Lipinski definition) is 5. The van der Waals surface area contributed by atoms with Gasteiger partial charge in [0.25, 0.3) is 0 Å². The summed E-state index contributed by atoms with van der Waals surface area (Å²) in [6.07, 6.45) is -6.78. The number of aromatic nitrogens is 8. The molecular formula is C21H26F2N10O10P2. The van der Waals surface area contributed by atoms with E-state index in [9.17, 15) is 14.0 Å². The molecule has 9 atom stereocenters. The van der Waals surface area contributed by atoms with Gasteiger partial charge in [-0.2, -0.15) is 0 Å². The van der Waals surface area contributed by atoms with E-state index < -0.39 is 77.9 Å². The molecule has 2 fully saturated rings. The second-order valence-corrected chi connectivity index (χ2v) is 12.8. The van der Waals surface area contributed by atoms with Gasteiger partial charge in [0.15, 0.2) is 47.7 Å². The van der Waals surface area contributed by atoms with Crippen molar-refractivity contribution in [3.8, 4) is 0 Å². The number of alkyl halides is 2. The molecule has 0 radical (unpaired) electrons. The minimum atomic E-state index is -5.16. The fourth-order valence-corrected chi connectivity index (χ4v) is 6.36. The highest BCUT2D eigenvalue weighted by Gasteiger charge is 2.52. The highest BCUT2D eigenvalue weighted by Crippen LogP contribution is 2.51. The summed E-state index contributed by atoms with van der Waals surface area (Å²) in [6.45, 7) is -0.134. The molecule has 2 aliphatic heterocycles. The summed E-state index contributed by atoms with van der Waals surface area (Å²) < 4.78 is 84.0. The monoisotopic (exact) mass is 678 g/mol. The van der Waals surface area contributed by atoms with Crippen LogP contribution >= 0.6 is 15.6 Å². The zero-order chi connectivity index (χ0) is 32.3. The summed E-state index contributed by atoms with van der Waals surface area (Å²) in [5, 5.41) is 0. The predicted octanol–water partition coefficient (Wildman–Crippen LogP) is 0.549. The first-order chi connectivity index (χ1) is 21.2. The van der Waals surface area contributed by atoms with Crippen LogP contribution in [0.3, 0.4) is 0 Å². The average molecular weight is 678 g/mol. The van der Waals surface area contributed by atoms with E-state index in [2.05, 4.69) is 34.4 Å². The Kier molecular flexibility index (Phi) is 8.31. The standard InChI is InChI=1S/C21H26F2N10O10P2/c1-8-9(41-20(11(8)22)32-6-30-13-16(24)26-4-28-18(13)32)2-40-45(37,38)43-15-10(3-39-44(34,35)36)42-21(12(15)23)33-7-31-14-17(25)27-5-29-19(14)33/h4-12,15,20-21H,2-3H2,1H3,(H,37,38)(H2,24,26,28)(H2,25,27,29)(H2,34,35,36)/t8-,9-,10-,11-,12-,15-,20-,21-/m1/s1. The number of anilines is 2. The second-order valence-electron chi connectivity index (χ2n) is 10.2. The van der Waals surface area contributed by atoms with Gasteiger partial charge in [-0.1, -0.05) is 6.92 Å². The van der Waals surface area contributed by atoms with Crippen LogP contribution in [0.25, 0.3) is 22.3 Å². The third kappa shape index (κ3) is 6.13. The number of nitrogen functional groups attached to an aromatic ring is 2. The van der Waals surface area contributed by atoms with Gasteiger partial charge in [0, 0.05) is 5.92 Å². The molecule has 0 aromatic carbocycles. The summed E-state index contributed by atoms with van der Waals surface area (Å²) in [5.74, 6) is -0.812. The lowest BCUT2D eigenvalue weighted by molar-refractivity contribution is -0.0517. The number of nitrogens with two attached hydrogens (primary N) is 2. The first-order valence-electron chi connectivity index (χ1n) is 13.0. The maximum absolute atomic E-state index is 15.9. The predicted molar refractivity (Wildman–Crippen MR) is 145 cm³/mol. The molecular weight excluding hydrogens is 652 g/mol. The zero-order valence-corrected chi connectivity index (χ0v) is 24.7. The molecule has 45 heavy (non-hydrogen) atoms. The van der Waals surface area contributed by atoms with E-state index in [1.807, 2.05) is 0 Å². The lowest BCUT2D eigenvalue weighted by atomic mass is 10.0. The number of fused-ring (bicyclic) bond motifs is 2. The van der Waals surface area contributed by atoms with E-state index in [4.69, 9.17) is 39.8 Å². The van der Waals surface area contributed by atoms with Crippen molar-refractivity contribution in [2.75, 3.05) is 24.7 Å². The molecule has 0 bridgehead atoms. The normalized spacial score (nSPS) is 30.4. The lowest BCUT2D eigenvalue weighted by Gasteiger charge is -2.23.